The van der Waals surface area contributed by atoms with Crippen molar-refractivity contribution in [3.63, 3.8) is 0 Å². The van der Waals surface area contributed by atoms with E-state index in [1.54, 1.807) is 6.92 Å². The third-order valence-electron chi connectivity index (χ3n) is 2.45. The molecule has 1 aromatic heterocycles. The second kappa shape index (κ2) is 6.65. The molecular weight excluding hydrogens is 260 g/mol. The lowest BCUT2D eigenvalue weighted by molar-refractivity contribution is -0.144. The van der Waals surface area contributed by atoms with Crippen LogP contribution in [0.2, 0.25) is 0 Å². The third-order valence-corrected chi connectivity index (χ3v) is 2.45. The SMILES string of the molecule is CCOC(=O)Cn1nnc(-c2ccc(OCC)cc2)n1. The van der Waals surface area contributed by atoms with Crippen LogP contribution in [0.25, 0.3) is 11.4 Å². The molecule has 0 spiro atoms. The molecule has 0 aliphatic rings. The van der Waals surface area contributed by atoms with E-state index < -0.39 is 0 Å². The fourth-order valence-electron chi connectivity index (χ4n) is 1.61. The van der Waals surface area contributed by atoms with Crippen LogP contribution in [0.5, 0.6) is 5.75 Å². The molecule has 0 N–H and O–H groups in total. The Balaban J connectivity index is 2.06. The lowest BCUT2D eigenvalue weighted by Crippen LogP contribution is -2.15. The molecule has 106 valence electrons. The molecule has 2 aromatic rings. The maximum Gasteiger partial charge on any atom is 0.329 e. The first-order valence-electron chi connectivity index (χ1n) is 6.39. The lowest BCUT2D eigenvalue weighted by Gasteiger charge is -2.02. The van der Waals surface area contributed by atoms with E-state index in [0.717, 1.165) is 11.3 Å². The van der Waals surface area contributed by atoms with Crippen molar-refractivity contribution in [1.82, 2.24) is 20.2 Å². The number of aromatic nitrogens is 4. The molecule has 0 aliphatic heterocycles. The summed E-state index contributed by atoms with van der Waals surface area (Å²) in [4.78, 5) is 12.5. The number of benzene rings is 1. The molecule has 2 rings (SSSR count). The Bertz CT molecular complexity index is 565. The van der Waals surface area contributed by atoms with E-state index in [-0.39, 0.29) is 12.5 Å². The van der Waals surface area contributed by atoms with Crippen LogP contribution >= 0.6 is 0 Å². The molecule has 7 heteroatoms. The summed E-state index contributed by atoms with van der Waals surface area (Å²) >= 11 is 0. The van der Waals surface area contributed by atoms with Gasteiger partial charge in [-0.2, -0.15) is 4.80 Å². The average Bonchev–Trinajstić information content (AvgIpc) is 2.88. The number of tetrazole rings is 1. The first kappa shape index (κ1) is 14.0. The first-order valence-corrected chi connectivity index (χ1v) is 6.39. The minimum Gasteiger partial charge on any atom is -0.494 e. The molecule has 0 amide bonds. The highest BCUT2D eigenvalue weighted by molar-refractivity contribution is 5.68. The van der Waals surface area contributed by atoms with Gasteiger partial charge in [0.05, 0.1) is 13.2 Å². The molecule has 20 heavy (non-hydrogen) atoms. The topological polar surface area (TPSA) is 79.1 Å². The van der Waals surface area contributed by atoms with Crippen molar-refractivity contribution in [3.05, 3.63) is 24.3 Å². The molecule has 0 atom stereocenters. The minimum atomic E-state index is -0.386. The normalized spacial score (nSPS) is 10.3. The Hall–Kier alpha value is -2.44. The van der Waals surface area contributed by atoms with Gasteiger partial charge in [-0.15, -0.1) is 10.2 Å². The number of esters is 1. The maximum absolute atomic E-state index is 11.3. The monoisotopic (exact) mass is 276 g/mol. The highest BCUT2D eigenvalue weighted by Gasteiger charge is 2.09. The summed E-state index contributed by atoms with van der Waals surface area (Å²) < 4.78 is 10.2. The van der Waals surface area contributed by atoms with Gasteiger partial charge < -0.3 is 9.47 Å². The van der Waals surface area contributed by atoms with Crippen molar-refractivity contribution >= 4 is 5.97 Å². The van der Waals surface area contributed by atoms with Crippen LogP contribution in [0.4, 0.5) is 0 Å². The van der Waals surface area contributed by atoms with Crippen LogP contribution in [0.1, 0.15) is 13.8 Å². The molecule has 0 radical (unpaired) electrons. The Morgan fingerprint density at radius 3 is 2.60 bits per heavy atom. The van der Waals surface area contributed by atoms with Crippen LogP contribution < -0.4 is 4.74 Å². The van der Waals surface area contributed by atoms with Crippen molar-refractivity contribution in [2.24, 2.45) is 0 Å². The Morgan fingerprint density at radius 2 is 1.95 bits per heavy atom. The van der Waals surface area contributed by atoms with Crippen LogP contribution in [0, 0.1) is 0 Å². The number of hydrogen-bond acceptors (Lipinski definition) is 6. The van der Waals surface area contributed by atoms with Crippen LogP contribution in [-0.4, -0.2) is 39.4 Å². The van der Waals surface area contributed by atoms with Crippen molar-refractivity contribution in [3.8, 4) is 17.1 Å². The minimum absolute atomic E-state index is 0.0438. The van der Waals surface area contributed by atoms with E-state index in [1.807, 2.05) is 31.2 Å². The summed E-state index contributed by atoms with van der Waals surface area (Å²) in [6.07, 6.45) is 0. The molecule has 0 saturated heterocycles. The molecule has 0 saturated carbocycles. The fourth-order valence-corrected chi connectivity index (χ4v) is 1.61. The van der Waals surface area contributed by atoms with E-state index in [1.165, 1.54) is 4.80 Å². The number of rotatable bonds is 6. The van der Waals surface area contributed by atoms with Gasteiger partial charge in [0.1, 0.15) is 5.75 Å². The highest BCUT2D eigenvalue weighted by Crippen LogP contribution is 2.18. The van der Waals surface area contributed by atoms with Gasteiger partial charge in [0.15, 0.2) is 6.54 Å². The maximum atomic E-state index is 11.3. The van der Waals surface area contributed by atoms with E-state index in [0.29, 0.717) is 19.0 Å². The van der Waals surface area contributed by atoms with Gasteiger partial charge in [0, 0.05) is 5.56 Å². The Labute approximate surface area is 116 Å². The molecular formula is C13H16N4O3. The number of carbonyl (C=O) groups is 1. The molecule has 0 bridgehead atoms. The number of hydrogen-bond donors (Lipinski definition) is 0. The van der Waals surface area contributed by atoms with Gasteiger partial charge in [-0.05, 0) is 43.3 Å². The quantitative estimate of drug-likeness (QED) is 0.740. The van der Waals surface area contributed by atoms with Crippen LogP contribution in [-0.2, 0) is 16.1 Å². The molecule has 7 nitrogen and oxygen atoms in total. The van der Waals surface area contributed by atoms with E-state index in [2.05, 4.69) is 15.4 Å². The Kier molecular flexibility index (Phi) is 4.65. The van der Waals surface area contributed by atoms with Crippen molar-refractivity contribution < 1.29 is 14.3 Å². The van der Waals surface area contributed by atoms with Crippen LogP contribution in [0.3, 0.4) is 0 Å². The van der Waals surface area contributed by atoms with Gasteiger partial charge in [-0.1, -0.05) is 0 Å². The second-order valence-electron chi connectivity index (χ2n) is 3.91. The molecule has 0 fully saturated rings. The summed E-state index contributed by atoms with van der Waals surface area (Å²) in [6, 6.07) is 7.36. The number of carbonyl (C=O) groups excluding carboxylic acids is 1. The predicted octanol–water partition coefficient (Wildman–Crippen LogP) is 1.30. The Morgan fingerprint density at radius 1 is 1.20 bits per heavy atom. The van der Waals surface area contributed by atoms with Gasteiger partial charge in [0.2, 0.25) is 5.82 Å². The van der Waals surface area contributed by atoms with E-state index in [4.69, 9.17) is 9.47 Å². The predicted molar refractivity (Wildman–Crippen MR) is 71.1 cm³/mol. The van der Waals surface area contributed by atoms with Gasteiger partial charge in [-0.25, -0.2) is 4.79 Å². The zero-order valence-electron chi connectivity index (χ0n) is 11.4. The zero-order chi connectivity index (χ0) is 14.4. The number of ether oxygens (including phenoxy) is 2. The summed E-state index contributed by atoms with van der Waals surface area (Å²) in [6.45, 7) is 4.58. The lowest BCUT2D eigenvalue weighted by atomic mass is 10.2. The van der Waals surface area contributed by atoms with E-state index in [9.17, 15) is 4.79 Å². The average molecular weight is 276 g/mol. The van der Waals surface area contributed by atoms with Gasteiger partial charge in [0.25, 0.3) is 0 Å². The first-order chi connectivity index (χ1) is 9.72. The van der Waals surface area contributed by atoms with Crippen molar-refractivity contribution in [1.29, 1.82) is 0 Å². The molecule has 1 aromatic carbocycles. The standard InChI is InChI=1S/C13H16N4O3/c1-3-19-11-7-5-10(6-8-11)13-14-16-17(15-13)9-12(18)20-4-2/h5-8H,3-4,9H2,1-2H3. The highest BCUT2D eigenvalue weighted by atomic mass is 16.5. The zero-order valence-corrected chi connectivity index (χ0v) is 11.4. The third kappa shape index (κ3) is 3.53. The van der Waals surface area contributed by atoms with E-state index >= 15 is 0 Å². The van der Waals surface area contributed by atoms with Gasteiger partial charge in [-0.3, -0.25) is 0 Å². The van der Waals surface area contributed by atoms with Crippen molar-refractivity contribution in [2.75, 3.05) is 13.2 Å². The molecule has 1 heterocycles. The van der Waals surface area contributed by atoms with Gasteiger partial charge >= 0.3 is 5.97 Å². The second-order valence-corrected chi connectivity index (χ2v) is 3.91. The molecule has 0 unspecified atom stereocenters. The van der Waals surface area contributed by atoms with Crippen molar-refractivity contribution in [2.45, 2.75) is 20.4 Å². The fraction of sp³-hybridized carbons (Fsp3) is 0.385. The summed E-state index contributed by atoms with van der Waals surface area (Å²) in [5, 5.41) is 11.9. The van der Waals surface area contributed by atoms with Crippen LogP contribution in [0.15, 0.2) is 24.3 Å². The smallest absolute Gasteiger partial charge is 0.329 e. The summed E-state index contributed by atoms with van der Waals surface area (Å²) in [5.74, 6) is 0.857. The largest absolute Gasteiger partial charge is 0.494 e. The summed E-state index contributed by atoms with van der Waals surface area (Å²) in [7, 11) is 0. The summed E-state index contributed by atoms with van der Waals surface area (Å²) in [5.41, 5.74) is 0.809. The molecule has 0 aliphatic carbocycles. The number of nitrogens with zero attached hydrogens (tertiary/aromatic N) is 4.